The first-order chi connectivity index (χ1) is 11.3. The van der Waals surface area contributed by atoms with Crippen molar-refractivity contribution in [3.63, 3.8) is 0 Å². The molecule has 2 rings (SSSR count). The molecule has 0 aliphatic carbocycles. The lowest BCUT2D eigenvalue weighted by atomic mass is 10.3. The number of rotatable bonds is 7. The van der Waals surface area contributed by atoms with Gasteiger partial charge in [0.25, 0.3) is 0 Å². The van der Waals surface area contributed by atoms with Gasteiger partial charge in [0.1, 0.15) is 5.82 Å². The van der Waals surface area contributed by atoms with Crippen LogP contribution in [0.1, 0.15) is 26.1 Å². The minimum Gasteiger partial charge on any atom is -0.325 e. The molecule has 0 spiro atoms. The lowest BCUT2D eigenvalue weighted by Gasteiger charge is -2.10. The van der Waals surface area contributed by atoms with Crippen LogP contribution in [0.25, 0.3) is 0 Å². The number of hydrogen-bond acceptors (Lipinski definition) is 6. The van der Waals surface area contributed by atoms with Gasteiger partial charge in [0.05, 0.1) is 10.1 Å². The van der Waals surface area contributed by atoms with Gasteiger partial charge in [-0.15, -0.1) is 5.10 Å². The summed E-state index contributed by atoms with van der Waals surface area (Å²) < 4.78 is 22.4. The number of H-pyrrole nitrogens is 1. The summed E-state index contributed by atoms with van der Waals surface area (Å²) in [6.45, 7) is 3.79. The van der Waals surface area contributed by atoms with Crippen molar-refractivity contribution >= 4 is 33.4 Å². The van der Waals surface area contributed by atoms with Gasteiger partial charge < -0.3 is 5.32 Å². The largest absolute Gasteiger partial charge is 0.325 e. The molecular weight excluding hydrogens is 350 g/mol. The lowest BCUT2D eigenvalue weighted by Crippen LogP contribution is -2.22. The molecule has 1 atom stereocenters. The summed E-state index contributed by atoms with van der Waals surface area (Å²) >= 11 is 1.24. The molecule has 1 aromatic heterocycles. The number of primary sulfonamides is 1. The number of sulfonamides is 1. The third-order valence-corrected chi connectivity index (χ3v) is 4.99. The Morgan fingerprint density at radius 2 is 2.04 bits per heavy atom. The van der Waals surface area contributed by atoms with Crippen molar-refractivity contribution in [3.05, 3.63) is 30.1 Å². The van der Waals surface area contributed by atoms with Crippen LogP contribution in [-0.4, -0.2) is 34.8 Å². The van der Waals surface area contributed by atoms with E-state index in [9.17, 15) is 13.2 Å². The first-order valence-electron chi connectivity index (χ1n) is 7.31. The average Bonchev–Trinajstić information content (AvgIpc) is 2.94. The molecule has 8 nitrogen and oxygen atoms in total. The number of benzene rings is 1. The van der Waals surface area contributed by atoms with E-state index in [1.165, 1.54) is 36.0 Å². The second kappa shape index (κ2) is 7.77. The number of nitrogens with two attached hydrogens (primary N) is 1. The van der Waals surface area contributed by atoms with Crippen molar-refractivity contribution < 1.29 is 13.2 Å². The van der Waals surface area contributed by atoms with E-state index in [-0.39, 0.29) is 10.8 Å². The third-order valence-electron chi connectivity index (χ3n) is 3.10. The monoisotopic (exact) mass is 369 g/mol. The second-order valence-corrected chi connectivity index (χ2v) is 8.00. The average molecular weight is 369 g/mol. The van der Waals surface area contributed by atoms with Gasteiger partial charge in [-0.1, -0.05) is 18.7 Å². The highest BCUT2D eigenvalue weighted by Crippen LogP contribution is 2.21. The van der Waals surface area contributed by atoms with Crippen LogP contribution >= 0.6 is 11.8 Å². The van der Waals surface area contributed by atoms with Gasteiger partial charge in [-0.3, -0.25) is 9.89 Å². The number of carbonyl (C=O) groups excluding carboxylic acids is 1. The molecule has 0 saturated carbocycles. The van der Waals surface area contributed by atoms with Crippen molar-refractivity contribution in [2.45, 2.75) is 42.0 Å². The van der Waals surface area contributed by atoms with Gasteiger partial charge >= 0.3 is 0 Å². The van der Waals surface area contributed by atoms with E-state index in [1.807, 2.05) is 6.92 Å². The molecule has 0 aliphatic heterocycles. The number of aromatic nitrogens is 3. The molecule has 1 unspecified atom stereocenters. The number of nitrogens with one attached hydrogen (secondary N) is 2. The molecule has 1 amide bonds. The third kappa shape index (κ3) is 5.05. The van der Waals surface area contributed by atoms with E-state index in [4.69, 9.17) is 5.14 Å². The van der Waals surface area contributed by atoms with Gasteiger partial charge in [0, 0.05) is 12.1 Å². The Labute approximate surface area is 144 Å². The first-order valence-corrected chi connectivity index (χ1v) is 9.74. The molecule has 1 aromatic carbocycles. The summed E-state index contributed by atoms with van der Waals surface area (Å²) in [5, 5.41) is 14.8. The molecule has 1 heterocycles. The van der Waals surface area contributed by atoms with Crippen LogP contribution in [0.2, 0.25) is 0 Å². The van der Waals surface area contributed by atoms with E-state index in [0.717, 1.165) is 18.7 Å². The van der Waals surface area contributed by atoms with Gasteiger partial charge in [0.15, 0.2) is 0 Å². The fourth-order valence-electron chi connectivity index (χ4n) is 1.86. The maximum Gasteiger partial charge on any atom is 0.238 e. The summed E-state index contributed by atoms with van der Waals surface area (Å²) in [6, 6.07) is 5.66. The number of nitrogens with zero attached hydrogens (tertiary/aromatic N) is 2. The number of hydrogen-bond donors (Lipinski definition) is 3. The van der Waals surface area contributed by atoms with Crippen LogP contribution in [0.15, 0.2) is 34.3 Å². The zero-order valence-corrected chi connectivity index (χ0v) is 14.9. The molecule has 0 fully saturated rings. The molecule has 0 saturated heterocycles. The number of thioether (sulfide) groups is 1. The highest BCUT2D eigenvalue weighted by Gasteiger charge is 2.17. The second-order valence-electron chi connectivity index (χ2n) is 5.13. The zero-order valence-electron chi connectivity index (χ0n) is 13.3. The lowest BCUT2D eigenvalue weighted by molar-refractivity contribution is -0.115. The number of aryl methyl sites for hydroxylation is 1. The van der Waals surface area contributed by atoms with E-state index in [1.54, 1.807) is 6.92 Å². The fourth-order valence-corrected chi connectivity index (χ4v) is 3.12. The van der Waals surface area contributed by atoms with E-state index in [2.05, 4.69) is 20.5 Å². The SMILES string of the molecule is CCCc1nc(SC(C)C(=O)Nc2ccc(S(N)(=O)=O)cc2)n[nH]1. The van der Waals surface area contributed by atoms with Crippen molar-refractivity contribution in [1.29, 1.82) is 0 Å². The van der Waals surface area contributed by atoms with Crippen molar-refractivity contribution in [2.24, 2.45) is 5.14 Å². The summed E-state index contributed by atoms with van der Waals surface area (Å²) in [7, 11) is -3.74. The summed E-state index contributed by atoms with van der Waals surface area (Å²) in [4.78, 5) is 16.5. The fraction of sp³-hybridized carbons (Fsp3) is 0.357. The minimum atomic E-state index is -3.74. The maximum atomic E-state index is 12.2. The predicted octanol–water partition coefficient (Wildman–Crippen LogP) is 1.52. The molecule has 4 N–H and O–H groups in total. The normalized spacial score (nSPS) is 12.8. The Bertz CT molecular complexity index is 802. The molecule has 130 valence electrons. The van der Waals surface area contributed by atoms with Gasteiger partial charge in [-0.2, -0.15) is 0 Å². The molecule has 2 aromatic rings. The maximum absolute atomic E-state index is 12.2. The van der Waals surface area contributed by atoms with Gasteiger partial charge in [0.2, 0.25) is 21.1 Å². The molecular formula is C14H19N5O3S2. The molecule has 0 aliphatic rings. The van der Waals surface area contributed by atoms with E-state index < -0.39 is 15.3 Å². The molecule has 0 bridgehead atoms. The Morgan fingerprint density at radius 3 is 2.62 bits per heavy atom. The summed E-state index contributed by atoms with van der Waals surface area (Å²) in [5.41, 5.74) is 0.488. The van der Waals surface area contributed by atoms with E-state index in [0.29, 0.717) is 10.8 Å². The molecule has 10 heteroatoms. The molecule has 0 radical (unpaired) electrons. The minimum absolute atomic E-state index is 0.00732. The topological polar surface area (TPSA) is 131 Å². The number of carbonyl (C=O) groups is 1. The van der Waals surface area contributed by atoms with E-state index >= 15 is 0 Å². The molecule has 24 heavy (non-hydrogen) atoms. The summed E-state index contributed by atoms with van der Waals surface area (Å²) in [6.07, 6.45) is 1.77. The van der Waals surface area contributed by atoms with Crippen LogP contribution in [0, 0.1) is 0 Å². The Kier molecular flexibility index (Phi) is 5.97. The Morgan fingerprint density at radius 1 is 1.38 bits per heavy atom. The van der Waals surface area contributed by atoms with Crippen LogP contribution < -0.4 is 10.5 Å². The van der Waals surface area contributed by atoms with Crippen molar-refractivity contribution in [3.8, 4) is 0 Å². The highest BCUT2D eigenvalue weighted by atomic mass is 32.2. The quantitative estimate of drug-likeness (QED) is 0.634. The number of amides is 1. The smallest absolute Gasteiger partial charge is 0.238 e. The predicted molar refractivity (Wildman–Crippen MR) is 92.1 cm³/mol. The van der Waals surface area contributed by atoms with Gasteiger partial charge in [-0.25, -0.2) is 18.5 Å². The Balaban J connectivity index is 1.95. The van der Waals surface area contributed by atoms with Crippen molar-refractivity contribution in [2.75, 3.05) is 5.32 Å². The number of aromatic amines is 1. The Hall–Kier alpha value is -1.91. The van der Waals surface area contributed by atoms with Crippen LogP contribution in [-0.2, 0) is 21.2 Å². The highest BCUT2D eigenvalue weighted by molar-refractivity contribution is 8.00. The van der Waals surface area contributed by atoms with Gasteiger partial charge in [-0.05, 0) is 37.6 Å². The van der Waals surface area contributed by atoms with Crippen LogP contribution in [0.5, 0.6) is 0 Å². The zero-order chi connectivity index (χ0) is 17.7. The van der Waals surface area contributed by atoms with Crippen molar-refractivity contribution in [1.82, 2.24) is 15.2 Å². The van der Waals surface area contributed by atoms with Crippen LogP contribution in [0.3, 0.4) is 0 Å². The summed E-state index contributed by atoms with van der Waals surface area (Å²) in [5.74, 6) is 0.566. The number of anilines is 1. The van der Waals surface area contributed by atoms with Crippen LogP contribution in [0.4, 0.5) is 5.69 Å². The first kappa shape index (κ1) is 18.4. The standard InChI is InChI=1S/C14H19N5O3S2/c1-3-4-12-17-14(19-18-12)23-9(2)13(20)16-10-5-7-11(8-6-10)24(15,21)22/h5-9H,3-4H2,1-2H3,(H,16,20)(H2,15,21,22)(H,17,18,19).